The number of nitrogens with one attached hydrogen (secondary N) is 1. The van der Waals surface area contributed by atoms with E-state index in [2.05, 4.69) is 28.2 Å². The summed E-state index contributed by atoms with van der Waals surface area (Å²) in [7, 11) is 0. The number of nitrogens with zero attached hydrogens (tertiary/aromatic N) is 2. The number of hydrogen-bond acceptors (Lipinski definition) is 5. The van der Waals surface area contributed by atoms with Crippen LogP contribution in [0.2, 0.25) is 0 Å². The summed E-state index contributed by atoms with van der Waals surface area (Å²) in [6.45, 7) is 0. The minimum Gasteiger partial charge on any atom is -0.296 e. The van der Waals surface area contributed by atoms with Gasteiger partial charge < -0.3 is 0 Å². The Kier molecular flexibility index (Phi) is 1.27. The van der Waals surface area contributed by atoms with Crippen LogP contribution in [0.25, 0.3) is 0 Å². The van der Waals surface area contributed by atoms with Gasteiger partial charge in [-0.15, -0.1) is 12.6 Å². The second kappa shape index (κ2) is 1.77. The Bertz CT molecular complexity index is 81.7. The molecule has 40 valence electrons. The van der Waals surface area contributed by atoms with E-state index in [1.54, 1.807) is 0 Å². The third-order valence-corrected chi connectivity index (χ3v) is 0.873. The zero-order valence-corrected chi connectivity index (χ0v) is 4.47. The number of thiol groups is 1. The maximum absolute atomic E-state index is 5.20. The highest BCUT2D eigenvalue weighted by molar-refractivity contribution is 7.80. The normalized spacial score (nSPS) is 39.7. The predicted octanol–water partition coefficient (Wildman–Crippen LogP) is -0.503. The summed E-state index contributed by atoms with van der Waals surface area (Å²) in [5.41, 5.74) is 5.01. The van der Waals surface area contributed by atoms with E-state index < -0.39 is 0 Å². The van der Waals surface area contributed by atoms with Gasteiger partial charge in [-0.1, -0.05) is 0 Å². The summed E-state index contributed by atoms with van der Waals surface area (Å²) in [5.74, 6) is 0. The van der Waals surface area contributed by atoms with Crippen LogP contribution in [-0.2, 0) is 0 Å². The smallest absolute Gasteiger partial charge is 0.173 e. The molecular weight excluding hydrogens is 112 g/mol. The van der Waals surface area contributed by atoms with E-state index >= 15 is 0 Å². The molecule has 0 saturated heterocycles. The lowest BCUT2D eigenvalue weighted by molar-refractivity contribution is 0.614. The van der Waals surface area contributed by atoms with Gasteiger partial charge in [0.15, 0.2) is 11.8 Å². The Morgan fingerprint density at radius 3 is 2.43 bits per heavy atom. The van der Waals surface area contributed by atoms with E-state index in [0.717, 1.165) is 0 Å². The second-order valence-electron chi connectivity index (χ2n) is 1.22. The zero-order chi connectivity index (χ0) is 5.28. The molecule has 5 heteroatoms. The number of rotatable bonds is 0. The molecule has 0 aromatic heterocycles. The highest BCUT2D eigenvalue weighted by atomic mass is 32.1. The lowest BCUT2D eigenvalue weighted by Crippen LogP contribution is -2.33. The molecule has 2 unspecified atom stereocenters. The summed E-state index contributed by atoms with van der Waals surface area (Å²) < 4.78 is 0. The monoisotopic (exact) mass is 118 g/mol. The topological polar surface area (TPSA) is 62.8 Å². The molecule has 4 nitrogen and oxygen atoms in total. The van der Waals surface area contributed by atoms with E-state index in [1.165, 1.54) is 0 Å². The molecule has 2 atom stereocenters. The van der Waals surface area contributed by atoms with E-state index in [9.17, 15) is 0 Å². The van der Waals surface area contributed by atoms with Crippen molar-refractivity contribution in [3.63, 3.8) is 0 Å². The van der Waals surface area contributed by atoms with E-state index in [4.69, 9.17) is 5.73 Å². The summed E-state index contributed by atoms with van der Waals surface area (Å²) >= 11 is 3.90. The molecule has 0 spiro atoms. The molecule has 0 aliphatic carbocycles. The predicted molar refractivity (Wildman–Crippen MR) is 28.7 cm³/mol. The van der Waals surface area contributed by atoms with Gasteiger partial charge in [-0.3, -0.25) is 11.1 Å². The summed E-state index contributed by atoms with van der Waals surface area (Å²) in [6.07, 6.45) is -0.345. The van der Waals surface area contributed by atoms with Crippen LogP contribution in [0.3, 0.4) is 0 Å². The van der Waals surface area contributed by atoms with Gasteiger partial charge in [-0.2, -0.15) is 10.2 Å². The minimum absolute atomic E-state index is 0.199. The van der Waals surface area contributed by atoms with Crippen molar-refractivity contribution in [2.75, 3.05) is 0 Å². The number of hydrogen-bond donors (Lipinski definition) is 3. The first-order chi connectivity index (χ1) is 3.29. The third kappa shape index (κ3) is 1.12. The van der Waals surface area contributed by atoms with Crippen molar-refractivity contribution in [1.82, 2.24) is 5.32 Å². The van der Waals surface area contributed by atoms with E-state index in [-0.39, 0.29) is 11.8 Å². The van der Waals surface area contributed by atoms with Gasteiger partial charge in [0.1, 0.15) is 0 Å². The Morgan fingerprint density at radius 2 is 2.29 bits per heavy atom. The molecule has 0 saturated carbocycles. The summed E-state index contributed by atoms with van der Waals surface area (Å²) in [5, 5.41) is 9.83. The van der Waals surface area contributed by atoms with Gasteiger partial charge in [0.2, 0.25) is 0 Å². The quantitative estimate of drug-likeness (QED) is 0.375. The molecule has 0 aromatic rings. The van der Waals surface area contributed by atoms with Crippen molar-refractivity contribution in [3.8, 4) is 0 Å². The highest BCUT2D eigenvalue weighted by Gasteiger charge is 2.10. The fraction of sp³-hybridized carbons (Fsp3) is 1.00. The Morgan fingerprint density at radius 1 is 1.57 bits per heavy atom. The molecule has 1 heterocycles. The first-order valence-electron chi connectivity index (χ1n) is 1.89. The standard InChI is InChI=1S/C2H6N4S/c3-1-4-2(7)6-5-1/h1-2,4,7H,3H2. The van der Waals surface area contributed by atoms with Gasteiger partial charge in [-0.25, -0.2) is 0 Å². The molecule has 0 radical (unpaired) electrons. The van der Waals surface area contributed by atoms with Crippen molar-refractivity contribution >= 4 is 12.6 Å². The van der Waals surface area contributed by atoms with Crippen molar-refractivity contribution in [2.45, 2.75) is 11.8 Å². The summed E-state index contributed by atoms with van der Waals surface area (Å²) in [4.78, 5) is 0. The molecular formula is C2H6N4S. The summed E-state index contributed by atoms with van der Waals surface area (Å²) in [6, 6.07) is 0. The van der Waals surface area contributed by atoms with E-state index in [1.807, 2.05) is 0 Å². The van der Waals surface area contributed by atoms with Crippen LogP contribution in [-0.4, -0.2) is 11.8 Å². The maximum atomic E-state index is 5.20. The Labute approximate surface area is 46.6 Å². The zero-order valence-electron chi connectivity index (χ0n) is 3.57. The van der Waals surface area contributed by atoms with Crippen molar-refractivity contribution < 1.29 is 0 Å². The van der Waals surface area contributed by atoms with Gasteiger partial charge in [0, 0.05) is 0 Å². The average Bonchev–Trinajstić information content (AvgIpc) is 1.87. The molecule has 1 aliphatic rings. The average molecular weight is 118 g/mol. The molecule has 0 aromatic carbocycles. The molecule has 0 fully saturated rings. The van der Waals surface area contributed by atoms with Crippen LogP contribution in [0.5, 0.6) is 0 Å². The van der Waals surface area contributed by atoms with E-state index in [0.29, 0.717) is 0 Å². The molecule has 0 amide bonds. The lowest BCUT2D eigenvalue weighted by atomic mass is 10.9. The molecule has 7 heavy (non-hydrogen) atoms. The maximum Gasteiger partial charge on any atom is 0.173 e. The lowest BCUT2D eigenvalue weighted by Gasteiger charge is -1.96. The van der Waals surface area contributed by atoms with Gasteiger partial charge in [0.05, 0.1) is 0 Å². The van der Waals surface area contributed by atoms with Crippen LogP contribution in [0.15, 0.2) is 10.2 Å². The van der Waals surface area contributed by atoms with Crippen LogP contribution in [0.4, 0.5) is 0 Å². The van der Waals surface area contributed by atoms with Crippen molar-refractivity contribution in [2.24, 2.45) is 16.0 Å². The third-order valence-electron chi connectivity index (χ3n) is 0.620. The van der Waals surface area contributed by atoms with Crippen LogP contribution in [0.1, 0.15) is 0 Å². The van der Waals surface area contributed by atoms with Crippen molar-refractivity contribution in [3.05, 3.63) is 0 Å². The fourth-order valence-electron chi connectivity index (χ4n) is 0.354. The largest absolute Gasteiger partial charge is 0.296 e. The Hall–Kier alpha value is -0.130. The number of azo groups is 1. The van der Waals surface area contributed by atoms with Gasteiger partial charge in [-0.05, 0) is 0 Å². The molecule has 0 bridgehead atoms. The number of nitrogens with two attached hydrogens (primary N) is 1. The fourth-order valence-corrected chi connectivity index (χ4v) is 0.567. The van der Waals surface area contributed by atoms with Gasteiger partial charge in [0.25, 0.3) is 0 Å². The van der Waals surface area contributed by atoms with Crippen LogP contribution < -0.4 is 11.1 Å². The molecule has 1 aliphatic heterocycles. The van der Waals surface area contributed by atoms with Crippen molar-refractivity contribution in [1.29, 1.82) is 0 Å². The second-order valence-corrected chi connectivity index (χ2v) is 1.71. The van der Waals surface area contributed by atoms with Crippen LogP contribution >= 0.6 is 12.6 Å². The molecule has 3 N–H and O–H groups in total. The Balaban J connectivity index is 2.42. The first-order valence-corrected chi connectivity index (χ1v) is 2.40. The van der Waals surface area contributed by atoms with Gasteiger partial charge >= 0.3 is 0 Å². The molecule has 1 rings (SSSR count). The minimum atomic E-state index is -0.345. The van der Waals surface area contributed by atoms with Crippen LogP contribution in [0, 0.1) is 0 Å². The highest BCUT2D eigenvalue weighted by Crippen LogP contribution is 2.00. The SMILES string of the molecule is NC1N=NC(S)N1. The first kappa shape index (κ1) is 5.02.